The van der Waals surface area contributed by atoms with Gasteiger partial charge >= 0.3 is 0 Å². The Morgan fingerprint density at radius 2 is 2.09 bits per heavy atom. The van der Waals surface area contributed by atoms with Crippen LogP contribution >= 0.6 is 0 Å². The first-order valence-corrected chi connectivity index (χ1v) is 7.41. The number of carbonyl (C=O) groups is 2. The fourth-order valence-electron chi connectivity index (χ4n) is 2.76. The van der Waals surface area contributed by atoms with E-state index in [1.165, 1.54) is 6.26 Å². The normalized spacial score (nSPS) is 27.6. The average Bonchev–Trinajstić information content (AvgIpc) is 3.00. The smallest absolute Gasteiger partial charge is 0.287 e. The number of ether oxygens (including phenoxy) is 1. The molecule has 6 nitrogen and oxygen atoms in total. The fraction of sp³-hybridized carbons (Fsp3) is 0.625. The van der Waals surface area contributed by atoms with Crippen LogP contribution in [0.1, 0.15) is 44.7 Å². The van der Waals surface area contributed by atoms with Crippen LogP contribution < -0.4 is 10.6 Å². The summed E-state index contributed by atoms with van der Waals surface area (Å²) in [6.45, 7) is 7.82. The summed E-state index contributed by atoms with van der Waals surface area (Å²) in [5, 5.41) is 5.60. The Hall–Kier alpha value is -1.82. The van der Waals surface area contributed by atoms with E-state index >= 15 is 0 Å². The van der Waals surface area contributed by atoms with Crippen molar-refractivity contribution >= 4 is 11.8 Å². The summed E-state index contributed by atoms with van der Waals surface area (Å²) in [6.07, 6.45) is 2.17. The van der Waals surface area contributed by atoms with Gasteiger partial charge in [0, 0.05) is 18.6 Å². The van der Waals surface area contributed by atoms with Crippen molar-refractivity contribution in [3.05, 3.63) is 24.2 Å². The number of amides is 2. The van der Waals surface area contributed by atoms with Crippen LogP contribution in [0, 0.1) is 5.41 Å². The molecule has 1 fully saturated rings. The minimum Gasteiger partial charge on any atom is -0.459 e. The lowest BCUT2D eigenvalue weighted by Gasteiger charge is -2.59. The number of rotatable bonds is 5. The summed E-state index contributed by atoms with van der Waals surface area (Å²) in [5.74, 6) is -0.422. The van der Waals surface area contributed by atoms with Crippen LogP contribution in [0.25, 0.3) is 0 Å². The van der Waals surface area contributed by atoms with Gasteiger partial charge in [0.05, 0.1) is 11.9 Å². The molecule has 2 N–H and O–H groups in total. The molecule has 2 amide bonds. The van der Waals surface area contributed by atoms with Gasteiger partial charge in [-0.25, -0.2) is 0 Å². The van der Waals surface area contributed by atoms with E-state index in [4.69, 9.17) is 9.15 Å². The van der Waals surface area contributed by atoms with E-state index in [2.05, 4.69) is 24.5 Å². The zero-order valence-corrected chi connectivity index (χ0v) is 13.7. The van der Waals surface area contributed by atoms with Gasteiger partial charge in [0.2, 0.25) is 5.91 Å². The van der Waals surface area contributed by atoms with Gasteiger partial charge in [0.1, 0.15) is 6.04 Å². The summed E-state index contributed by atoms with van der Waals surface area (Å²) in [6, 6.07) is 2.57. The topological polar surface area (TPSA) is 80.6 Å². The lowest BCUT2D eigenvalue weighted by molar-refractivity contribution is -0.182. The molecule has 2 rings (SSSR count). The summed E-state index contributed by atoms with van der Waals surface area (Å²) >= 11 is 0. The van der Waals surface area contributed by atoms with E-state index in [0.29, 0.717) is 0 Å². The summed E-state index contributed by atoms with van der Waals surface area (Å²) in [5.41, 5.74) is -0.409. The first-order chi connectivity index (χ1) is 10.2. The lowest BCUT2D eigenvalue weighted by Crippen LogP contribution is -2.69. The molecule has 1 aromatic heterocycles. The summed E-state index contributed by atoms with van der Waals surface area (Å²) < 4.78 is 10.5. The fourth-order valence-corrected chi connectivity index (χ4v) is 2.76. The molecule has 0 radical (unpaired) electrons. The van der Waals surface area contributed by atoms with Gasteiger partial charge in [-0.05, 0) is 32.4 Å². The molecular formula is C16H24N2O4. The molecule has 3 atom stereocenters. The first kappa shape index (κ1) is 16.5. The second-order valence-corrected chi connectivity index (χ2v) is 6.59. The predicted molar refractivity (Wildman–Crippen MR) is 81.4 cm³/mol. The van der Waals surface area contributed by atoms with Gasteiger partial charge in [0.15, 0.2) is 5.76 Å². The summed E-state index contributed by atoms with van der Waals surface area (Å²) in [4.78, 5) is 24.1. The van der Waals surface area contributed by atoms with Crippen LogP contribution in [-0.2, 0) is 9.53 Å². The van der Waals surface area contributed by atoms with E-state index in [-0.39, 0.29) is 28.7 Å². The van der Waals surface area contributed by atoms with Crippen molar-refractivity contribution in [1.82, 2.24) is 10.6 Å². The number of carbonyl (C=O) groups excluding carboxylic acids is 2. The SMILES string of the molecule is CO[C@]1(C)C[C@H](NC(=O)[C@@H](C)NC(=O)c2ccco2)C1(C)C. The third-order valence-corrected chi connectivity index (χ3v) is 5.08. The van der Waals surface area contributed by atoms with Gasteiger partial charge in [-0.2, -0.15) is 0 Å². The minimum atomic E-state index is -0.636. The van der Waals surface area contributed by atoms with Gasteiger partial charge in [-0.15, -0.1) is 0 Å². The van der Waals surface area contributed by atoms with Crippen molar-refractivity contribution in [3.8, 4) is 0 Å². The predicted octanol–water partition coefficient (Wildman–Crippen LogP) is 1.72. The van der Waals surface area contributed by atoms with Crippen LogP contribution in [0.3, 0.4) is 0 Å². The maximum Gasteiger partial charge on any atom is 0.287 e. The molecule has 0 bridgehead atoms. The monoisotopic (exact) mass is 308 g/mol. The Morgan fingerprint density at radius 3 is 2.59 bits per heavy atom. The van der Waals surface area contributed by atoms with E-state index in [1.807, 2.05) is 6.92 Å². The Morgan fingerprint density at radius 1 is 1.41 bits per heavy atom. The third-order valence-electron chi connectivity index (χ3n) is 5.08. The zero-order chi connectivity index (χ0) is 16.5. The van der Waals surface area contributed by atoms with Crippen molar-refractivity contribution in [2.24, 2.45) is 5.41 Å². The minimum absolute atomic E-state index is 0.0212. The van der Waals surface area contributed by atoms with E-state index in [0.717, 1.165) is 6.42 Å². The number of methoxy groups -OCH3 is 1. The van der Waals surface area contributed by atoms with E-state index in [1.54, 1.807) is 26.2 Å². The van der Waals surface area contributed by atoms with Crippen LogP contribution in [0.5, 0.6) is 0 Å². The Labute approximate surface area is 130 Å². The molecular weight excluding hydrogens is 284 g/mol. The highest BCUT2D eigenvalue weighted by atomic mass is 16.5. The molecule has 1 heterocycles. The molecule has 1 aromatic rings. The molecule has 0 aromatic carbocycles. The molecule has 22 heavy (non-hydrogen) atoms. The molecule has 1 aliphatic rings. The van der Waals surface area contributed by atoms with Crippen molar-refractivity contribution < 1.29 is 18.7 Å². The van der Waals surface area contributed by atoms with Gasteiger partial charge < -0.3 is 19.8 Å². The highest BCUT2D eigenvalue weighted by Gasteiger charge is 2.58. The van der Waals surface area contributed by atoms with Crippen LogP contribution in [-0.4, -0.2) is 36.6 Å². The van der Waals surface area contributed by atoms with Gasteiger partial charge in [0.25, 0.3) is 5.91 Å². The van der Waals surface area contributed by atoms with Gasteiger partial charge in [-0.1, -0.05) is 13.8 Å². The highest BCUT2D eigenvalue weighted by Crippen LogP contribution is 2.51. The Balaban J connectivity index is 1.89. The van der Waals surface area contributed by atoms with Crippen molar-refractivity contribution in [1.29, 1.82) is 0 Å². The largest absolute Gasteiger partial charge is 0.459 e. The van der Waals surface area contributed by atoms with E-state index < -0.39 is 11.9 Å². The maximum atomic E-state index is 12.2. The zero-order valence-electron chi connectivity index (χ0n) is 13.7. The highest BCUT2D eigenvalue weighted by molar-refractivity contribution is 5.95. The molecule has 1 aliphatic carbocycles. The number of nitrogens with one attached hydrogen (secondary N) is 2. The molecule has 1 saturated carbocycles. The molecule has 0 aliphatic heterocycles. The Bertz CT molecular complexity index is 553. The van der Waals surface area contributed by atoms with Crippen LogP contribution in [0.2, 0.25) is 0 Å². The average molecular weight is 308 g/mol. The second kappa shape index (κ2) is 5.76. The lowest BCUT2D eigenvalue weighted by atomic mass is 9.56. The Kier molecular flexibility index (Phi) is 4.33. The quantitative estimate of drug-likeness (QED) is 0.868. The molecule has 0 unspecified atom stereocenters. The molecule has 0 saturated heterocycles. The molecule has 0 spiro atoms. The molecule has 122 valence electrons. The van der Waals surface area contributed by atoms with Crippen molar-refractivity contribution in [2.75, 3.05) is 7.11 Å². The van der Waals surface area contributed by atoms with Crippen LogP contribution in [0.15, 0.2) is 22.8 Å². The van der Waals surface area contributed by atoms with Crippen LogP contribution in [0.4, 0.5) is 0 Å². The molecule has 6 heteroatoms. The van der Waals surface area contributed by atoms with E-state index in [9.17, 15) is 9.59 Å². The number of hydrogen-bond donors (Lipinski definition) is 2. The maximum absolute atomic E-state index is 12.2. The third kappa shape index (κ3) is 2.75. The van der Waals surface area contributed by atoms with Crippen molar-refractivity contribution in [3.63, 3.8) is 0 Å². The number of hydrogen-bond acceptors (Lipinski definition) is 4. The summed E-state index contributed by atoms with van der Waals surface area (Å²) in [7, 11) is 1.69. The second-order valence-electron chi connectivity index (χ2n) is 6.59. The standard InChI is InChI=1S/C16H24N2O4/c1-10(17-14(20)11-7-6-8-22-11)13(19)18-12-9-16(4,21-5)15(12,2)3/h6-8,10,12H,9H2,1-5H3,(H,17,20)(H,18,19)/t10-,12+,16-/m1/s1. The van der Waals surface area contributed by atoms with Gasteiger partial charge in [-0.3, -0.25) is 9.59 Å². The number of furan rings is 1. The first-order valence-electron chi connectivity index (χ1n) is 7.41. The van der Waals surface area contributed by atoms with Crippen molar-refractivity contribution in [2.45, 2.75) is 51.8 Å².